The SMILES string of the molecule is COC(CNC(=O)N1CCC(N)CC1)CC(=O)O. The van der Waals surface area contributed by atoms with Gasteiger partial charge >= 0.3 is 12.0 Å². The van der Waals surface area contributed by atoms with Crippen LogP contribution in [-0.4, -0.2) is 60.9 Å². The van der Waals surface area contributed by atoms with Gasteiger partial charge in [-0.3, -0.25) is 4.79 Å². The number of piperidine rings is 1. The molecule has 1 unspecified atom stereocenters. The lowest BCUT2D eigenvalue weighted by Gasteiger charge is -2.30. The molecule has 2 amide bonds. The Morgan fingerprint density at radius 2 is 2.11 bits per heavy atom. The minimum Gasteiger partial charge on any atom is -0.481 e. The van der Waals surface area contributed by atoms with Crippen molar-refractivity contribution in [3.05, 3.63) is 0 Å². The highest BCUT2D eigenvalue weighted by Crippen LogP contribution is 2.08. The average Bonchev–Trinajstić information content (AvgIpc) is 2.34. The van der Waals surface area contributed by atoms with Crippen LogP contribution in [0.15, 0.2) is 0 Å². The summed E-state index contributed by atoms with van der Waals surface area (Å²) in [6.07, 6.45) is 0.979. The van der Waals surface area contributed by atoms with E-state index in [0.717, 1.165) is 12.8 Å². The summed E-state index contributed by atoms with van der Waals surface area (Å²) in [5.74, 6) is -0.944. The second-order valence-electron chi connectivity index (χ2n) is 4.47. The maximum absolute atomic E-state index is 11.8. The van der Waals surface area contributed by atoms with Crippen molar-refractivity contribution in [3.8, 4) is 0 Å². The Hall–Kier alpha value is -1.34. The predicted molar refractivity (Wildman–Crippen MR) is 65.2 cm³/mol. The van der Waals surface area contributed by atoms with Crippen LogP contribution in [0.3, 0.4) is 0 Å². The second-order valence-corrected chi connectivity index (χ2v) is 4.47. The van der Waals surface area contributed by atoms with E-state index in [1.54, 1.807) is 4.90 Å². The van der Waals surface area contributed by atoms with Gasteiger partial charge in [-0.05, 0) is 12.8 Å². The van der Waals surface area contributed by atoms with Crippen molar-refractivity contribution in [3.63, 3.8) is 0 Å². The highest BCUT2D eigenvalue weighted by atomic mass is 16.5. The van der Waals surface area contributed by atoms with E-state index in [1.807, 2.05) is 0 Å². The smallest absolute Gasteiger partial charge is 0.317 e. The topological polar surface area (TPSA) is 105 Å². The van der Waals surface area contributed by atoms with Crippen molar-refractivity contribution < 1.29 is 19.4 Å². The fourth-order valence-corrected chi connectivity index (χ4v) is 1.85. The molecule has 0 saturated carbocycles. The molecule has 0 spiro atoms. The van der Waals surface area contributed by atoms with Crippen molar-refractivity contribution in [2.24, 2.45) is 5.73 Å². The first-order valence-electron chi connectivity index (χ1n) is 6.06. The molecule has 1 aliphatic heterocycles. The monoisotopic (exact) mass is 259 g/mol. The maximum atomic E-state index is 11.8. The standard InChI is InChI=1S/C11H21N3O4/c1-18-9(6-10(15)16)7-13-11(17)14-4-2-8(12)3-5-14/h8-9H,2-7,12H2,1H3,(H,13,17)(H,15,16). The Kier molecular flexibility index (Phi) is 5.87. The van der Waals surface area contributed by atoms with Crippen LogP contribution in [0.4, 0.5) is 4.79 Å². The van der Waals surface area contributed by atoms with E-state index in [4.69, 9.17) is 15.6 Å². The van der Waals surface area contributed by atoms with Gasteiger partial charge in [-0.2, -0.15) is 0 Å². The molecule has 0 aliphatic carbocycles. The summed E-state index contributed by atoms with van der Waals surface area (Å²) < 4.78 is 4.98. The Balaban J connectivity index is 2.29. The normalized spacial score (nSPS) is 18.4. The number of carbonyl (C=O) groups excluding carboxylic acids is 1. The molecule has 0 radical (unpaired) electrons. The van der Waals surface area contributed by atoms with Gasteiger partial charge in [0, 0.05) is 32.8 Å². The highest BCUT2D eigenvalue weighted by molar-refractivity contribution is 5.74. The van der Waals surface area contributed by atoms with Crippen LogP contribution < -0.4 is 11.1 Å². The van der Waals surface area contributed by atoms with Gasteiger partial charge in [-0.1, -0.05) is 0 Å². The quantitative estimate of drug-likeness (QED) is 0.623. The first-order chi connectivity index (χ1) is 8.52. The second kappa shape index (κ2) is 7.17. The Bertz CT molecular complexity index is 290. The number of urea groups is 1. The minimum atomic E-state index is -0.944. The van der Waals surface area contributed by atoms with Gasteiger partial charge in [0.2, 0.25) is 0 Å². The lowest BCUT2D eigenvalue weighted by atomic mass is 10.1. The minimum absolute atomic E-state index is 0.123. The van der Waals surface area contributed by atoms with Crippen LogP contribution in [0.25, 0.3) is 0 Å². The molecule has 4 N–H and O–H groups in total. The fourth-order valence-electron chi connectivity index (χ4n) is 1.85. The summed E-state index contributed by atoms with van der Waals surface area (Å²) >= 11 is 0. The third-order valence-corrected chi connectivity index (χ3v) is 3.04. The first kappa shape index (κ1) is 14.7. The zero-order valence-corrected chi connectivity index (χ0v) is 10.6. The van der Waals surface area contributed by atoms with Crippen molar-refractivity contribution in [1.82, 2.24) is 10.2 Å². The van der Waals surface area contributed by atoms with Crippen LogP contribution in [-0.2, 0) is 9.53 Å². The van der Waals surface area contributed by atoms with Gasteiger partial charge in [0.15, 0.2) is 0 Å². The lowest BCUT2D eigenvalue weighted by molar-refractivity contribution is -0.139. The zero-order valence-electron chi connectivity index (χ0n) is 10.6. The predicted octanol–water partition coefficient (Wildman–Crippen LogP) is -0.391. The van der Waals surface area contributed by atoms with E-state index in [9.17, 15) is 9.59 Å². The van der Waals surface area contributed by atoms with Gasteiger partial charge in [0.1, 0.15) is 0 Å². The van der Waals surface area contributed by atoms with E-state index in [0.29, 0.717) is 13.1 Å². The third kappa shape index (κ3) is 4.89. The van der Waals surface area contributed by atoms with Gasteiger partial charge < -0.3 is 25.8 Å². The highest BCUT2D eigenvalue weighted by Gasteiger charge is 2.21. The number of ether oxygens (including phenoxy) is 1. The number of aliphatic carboxylic acids is 1. The maximum Gasteiger partial charge on any atom is 0.317 e. The van der Waals surface area contributed by atoms with Gasteiger partial charge in [0.25, 0.3) is 0 Å². The van der Waals surface area contributed by atoms with E-state index < -0.39 is 12.1 Å². The van der Waals surface area contributed by atoms with Gasteiger partial charge in [0.05, 0.1) is 12.5 Å². The summed E-state index contributed by atoms with van der Waals surface area (Å²) in [5, 5.41) is 11.3. The van der Waals surface area contributed by atoms with E-state index in [1.165, 1.54) is 7.11 Å². The molecule has 1 atom stereocenters. The molecule has 0 aromatic heterocycles. The third-order valence-electron chi connectivity index (χ3n) is 3.04. The number of rotatable bonds is 5. The van der Waals surface area contributed by atoms with Crippen molar-refractivity contribution >= 4 is 12.0 Å². The summed E-state index contributed by atoms with van der Waals surface area (Å²) in [6.45, 7) is 1.48. The van der Waals surface area contributed by atoms with Gasteiger partial charge in [-0.15, -0.1) is 0 Å². The number of carbonyl (C=O) groups is 2. The molecule has 1 aliphatic rings. The summed E-state index contributed by atoms with van der Waals surface area (Å²) in [7, 11) is 1.43. The number of carboxylic acids is 1. The van der Waals surface area contributed by atoms with Crippen LogP contribution in [0.2, 0.25) is 0 Å². The summed E-state index contributed by atoms with van der Waals surface area (Å²) in [6, 6.07) is -0.0119. The number of amides is 2. The van der Waals surface area contributed by atoms with E-state index in [-0.39, 0.29) is 25.0 Å². The zero-order chi connectivity index (χ0) is 13.5. The molecule has 0 aromatic carbocycles. The number of likely N-dealkylation sites (tertiary alicyclic amines) is 1. The van der Waals surface area contributed by atoms with E-state index in [2.05, 4.69) is 5.32 Å². The molecular formula is C11H21N3O4. The molecule has 0 aromatic rings. The average molecular weight is 259 g/mol. The fraction of sp³-hybridized carbons (Fsp3) is 0.818. The number of hydrogen-bond donors (Lipinski definition) is 3. The molecule has 1 fully saturated rings. The number of methoxy groups -OCH3 is 1. The largest absolute Gasteiger partial charge is 0.481 e. The number of hydrogen-bond acceptors (Lipinski definition) is 4. The van der Waals surface area contributed by atoms with Gasteiger partial charge in [-0.25, -0.2) is 4.79 Å². The molecule has 1 heterocycles. The van der Waals surface area contributed by atoms with Crippen LogP contribution in [0.5, 0.6) is 0 Å². The summed E-state index contributed by atoms with van der Waals surface area (Å²) in [5.41, 5.74) is 5.75. The molecule has 18 heavy (non-hydrogen) atoms. The van der Waals surface area contributed by atoms with Crippen molar-refractivity contribution in [2.75, 3.05) is 26.7 Å². The van der Waals surface area contributed by atoms with Crippen LogP contribution in [0.1, 0.15) is 19.3 Å². The lowest BCUT2D eigenvalue weighted by Crippen LogP contribution is -2.48. The molecule has 104 valence electrons. The molecule has 7 nitrogen and oxygen atoms in total. The number of nitrogens with one attached hydrogen (secondary N) is 1. The molecule has 7 heteroatoms. The molecule has 0 bridgehead atoms. The van der Waals surface area contributed by atoms with Crippen LogP contribution in [0, 0.1) is 0 Å². The Morgan fingerprint density at radius 1 is 1.50 bits per heavy atom. The van der Waals surface area contributed by atoms with Crippen LogP contribution >= 0.6 is 0 Å². The first-order valence-corrected chi connectivity index (χ1v) is 6.06. The Morgan fingerprint density at radius 3 is 2.61 bits per heavy atom. The van der Waals surface area contributed by atoms with Crippen molar-refractivity contribution in [2.45, 2.75) is 31.4 Å². The van der Waals surface area contributed by atoms with E-state index >= 15 is 0 Å². The molecule has 1 saturated heterocycles. The summed E-state index contributed by atoms with van der Waals surface area (Å²) in [4.78, 5) is 24.0. The molecule has 1 rings (SSSR count). The molecular weight excluding hydrogens is 238 g/mol. The number of nitrogens with zero attached hydrogens (tertiary/aromatic N) is 1. The number of nitrogens with two attached hydrogens (primary N) is 1. The Labute approximate surface area is 106 Å². The van der Waals surface area contributed by atoms with Crippen molar-refractivity contribution in [1.29, 1.82) is 0 Å². The number of carboxylic acid groups (broad SMARTS) is 1.